The van der Waals surface area contributed by atoms with Crippen molar-refractivity contribution >= 4 is 44.7 Å². The standard InChI is InChI=1S/C30H36N8O5S/c1-4-38-25(20-36(2)19-22-7-5-21(6-8-22)9-14-26(39)34-40)31-27-29(37-15-17-43-18-16-37)32-28(33-30(27)38)23-10-12-24(13-11-23)35-44(3,41)42/h5-14,35,40H,4,15-20H2,1-3H3,(H,34,39)/b14-9+. The van der Waals surface area contributed by atoms with Crippen LogP contribution in [-0.4, -0.2) is 83.6 Å². The maximum Gasteiger partial charge on any atom is 0.267 e. The number of nitrogens with zero attached hydrogens (tertiary/aromatic N) is 6. The van der Waals surface area contributed by atoms with Crippen LogP contribution in [0.5, 0.6) is 0 Å². The van der Waals surface area contributed by atoms with E-state index in [1.165, 1.54) is 6.08 Å². The van der Waals surface area contributed by atoms with E-state index >= 15 is 0 Å². The lowest BCUT2D eigenvalue weighted by Crippen LogP contribution is -2.37. The summed E-state index contributed by atoms with van der Waals surface area (Å²) >= 11 is 0. The van der Waals surface area contributed by atoms with E-state index in [2.05, 4.69) is 26.0 Å². The SMILES string of the molecule is CCn1c(CN(C)Cc2ccc(/C=C/C(=O)NO)cc2)nc2c(N3CCOCC3)nc(-c3ccc(NS(C)(=O)=O)cc3)nc21. The van der Waals surface area contributed by atoms with E-state index < -0.39 is 15.9 Å². The van der Waals surface area contributed by atoms with Crippen LogP contribution in [0, 0.1) is 0 Å². The highest BCUT2D eigenvalue weighted by Gasteiger charge is 2.23. The molecule has 0 atom stereocenters. The molecule has 232 valence electrons. The Bertz CT molecular complexity index is 1750. The number of anilines is 2. The number of carbonyl (C=O) groups excluding carboxylic acids is 1. The summed E-state index contributed by atoms with van der Waals surface area (Å²) < 4.78 is 33.5. The molecule has 1 fully saturated rings. The van der Waals surface area contributed by atoms with Crippen LogP contribution in [-0.2, 0) is 39.2 Å². The number of amides is 1. The van der Waals surface area contributed by atoms with E-state index in [9.17, 15) is 13.2 Å². The molecule has 14 heteroatoms. The van der Waals surface area contributed by atoms with Gasteiger partial charge < -0.3 is 14.2 Å². The number of ether oxygens (including phenoxy) is 1. The smallest absolute Gasteiger partial charge is 0.267 e. The molecule has 2 aromatic heterocycles. The summed E-state index contributed by atoms with van der Waals surface area (Å²) in [7, 11) is -1.36. The number of sulfonamides is 1. The molecule has 44 heavy (non-hydrogen) atoms. The Morgan fingerprint density at radius 3 is 2.39 bits per heavy atom. The molecule has 0 bridgehead atoms. The number of fused-ring (bicyclic) bond motifs is 1. The van der Waals surface area contributed by atoms with E-state index in [0.717, 1.165) is 45.8 Å². The van der Waals surface area contributed by atoms with Crippen molar-refractivity contribution in [3.05, 3.63) is 71.6 Å². The molecule has 0 aliphatic carbocycles. The zero-order valence-electron chi connectivity index (χ0n) is 24.9. The lowest BCUT2D eigenvalue weighted by atomic mass is 10.1. The van der Waals surface area contributed by atoms with E-state index in [1.54, 1.807) is 23.7 Å². The zero-order chi connectivity index (χ0) is 31.3. The number of aryl methyl sites for hydroxylation is 1. The van der Waals surface area contributed by atoms with Gasteiger partial charge in [0.25, 0.3) is 5.91 Å². The third kappa shape index (κ3) is 7.58. The molecule has 0 radical (unpaired) electrons. The van der Waals surface area contributed by atoms with Crippen molar-refractivity contribution in [1.29, 1.82) is 0 Å². The number of hydrogen-bond donors (Lipinski definition) is 3. The van der Waals surface area contributed by atoms with Crippen molar-refractivity contribution in [3.63, 3.8) is 0 Å². The molecule has 1 amide bonds. The molecule has 4 aromatic rings. The minimum absolute atomic E-state index is 0.467. The Balaban J connectivity index is 1.44. The van der Waals surface area contributed by atoms with Crippen LogP contribution in [0.1, 0.15) is 23.9 Å². The van der Waals surface area contributed by atoms with Gasteiger partial charge >= 0.3 is 0 Å². The maximum atomic E-state index is 11.7. The van der Waals surface area contributed by atoms with E-state index in [4.69, 9.17) is 24.9 Å². The van der Waals surface area contributed by atoms with E-state index in [1.807, 2.05) is 43.4 Å². The molecule has 1 saturated heterocycles. The van der Waals surface area contributed by atoms with Gasteiger partial charge in [-0.3, -0.25) is 19.6 Å². The molecule has 2 aromatic carbocycles. The van der Waals surface area contributed by atoms with Crippen molar-refractivity contribution < 1.29 is 23.2 Å². The Hall–Kier alpha value is -4.37. The van der Waals surface area contributed by atoms with Gasteiger partial charge in [-0.1, -0.05) is 24.3 Å². The second kappa shape index (κ2) is 13.5. The van der Waals surface area contributed by atoms with E-state index in [-0.39, 0.29) is 0 Å². The number of carbonyl (C=O) groups is 1. The van der Waals surface area contributed by atoms with Crippen LogP contribution in [0.15, 0.2) is 54.6 Å². The third-order valence-corrected chi connectivity index (χ3v) is 7.72. The number of hydroxylamine groups is 1. The monoisotopic (exact) mass is 620 g/mol. The average Bonchev–Trinajstić information content (AvgIpc) is 3.36. The van der Waals surface area contributed by atoms with Crippen molar-refractivity contribution in [3.8, 4) is 11.4 Å². The second-order valence-electron chi connectivity index (χ2n) is 10.6. The molecular formula is C30H36N8O5S. The summed E-state index contributed by atoms with van der Waals surface area (Å²) in [6.45, 7) is 6.55. The van der Waals surface area contributed by atoms with Gasteiger partial charge in [-0.2, -0.15) is 0 Å². The highest BCUT2D eigenvalue weighted by molar-refractivity contribution is 7.92. The molecule has 1 aliphatic heterocycles. The Morgan fingerprint density at radius 2 is 1.75 bits per heavy atom. The molecule has 1 aliphatic rings. The van der Waals surface area contributed by atoms with Crippen LogP contribution >= 0.6 is 0 Å². The Kier molecular flexibility index (Phi) is 9.54. The molecular weight excluding hydrogens is 584 g/mol. The normalized spacial score (nSPS) is 14.1. The second-order valence-corrected chi connectivity index (χ2v) is 12.3. The van der Waals surface area contributed by atoms with E-state index in [0.29, 0.717) is 57.4 Å². The maximum absolute atomic E-state index is 11.7. The number of nitrogens with one attached hydrogen (secondary N) is 2. The Morgan fingerprint density at radius 1 is 1.05 bits per heavy atom. The number of morpholine rings is 1. The predicted molar refractivity (Wildman–Crippen MR) is 169 cm³/mol. The number of aromatic nitrogens is 4. The fourth-order valence-electron chi connectivity index (χ4n) is 5.06. The van der Waals surface area contributed by atoms with Crippen molar-refractivity contribution in [2.75, 3.05) is 49.2 Å². The fraction of sp³-hybridized carbons (Fsp3) is 0.333. The number of hydrogen-bond acceptors (Lipinski definition) is 10. The summed E-state index contributed by atoms with van der Waals surface area (Å²) in [4.78, 5) is 30.6. The molecule has 3 heterocycles. The van der Waals surface area contributed by atoms with Crippen LogP contribution in [0.3, 0.4) is 0 Å². The largest absolute Gasteiger partial charge is 0.378 e. The summed E-state index contributed by atoms with van der Waals surface area (Å²) in [6, 6.07) is 14.8. The van der Waals surface area contributed by atoms with Crippen LogP contribution in [0.25, 0.3) is 28.6 Å². The summed E-state index contributed by atoms with van der Waals surface area (Å²) in [5.74, 6) is 1.57. The quantitative estimate of drug-likeness (QED) is 0.130. The highest BCUT2D eigenvalue weighted by atomic mass is 32.2. The first-order valence-corrected chi connectivity index (χ1v) is 16.1. The number of rotatable bonds is 11. The molecule has 0 saturated carbocycles. The minimum Gasteiger partial charge on any atom is -0.378 e. The summed E-state index contributed by atoms with van der Waals surface area (Å²) in [5.41, 5.74) is 6.23. The average molecular weight is 621 g/mol. The lowest BCUT2D eigenvalue weighted by molar-refractivity contribution is -0.124. The highest BCUT2D eigenvalue weighted by Crippen LogP contribution is 2.30. The minimum atomic E-state index is -3.39. The van der Waals surface area contributed by atoms with Gasteiger partial charge in [-0.05, 0) is 55.4 Å². The molecule has 3 N–H and O–H groups in total. The van der Waals surface area contributed by atoms with Crippen molar-refractivity contribution in [2.24, 2.45) is 0 Å². The van der Waals surface area contributed by atoms with Gasteiger partial charge in [0.15, 0.2) is 22.8 Å². The molecule has 0 spiro atoms. The molecule has 5 rings (SSSR count). The van der Waals surface area contributed by atoms with Crippen LogP contribution in [0.2, 0.25) is 0 Å². The summed E-state index contributed by atoms with van der Waals surface area (Å²) in [5, 5.41) is 8.65. The van der Waals surface area contributed by atoms with Gasteiger partial charge in [-0.15, -0.1) is 0 Å². The topological polar surface area (TPSA) is 155 Å². The lowest BCUT2D eigenvalue weighted by Gasteiger charge is -2.28. The molecule has 13 nitrogen and oxygen atoms in total. The van der Waals surface area contributed by atoms with Crippen LogP contribution in [0.4, 0.5) is 11.5 Å². The zero-order valence-corrected chi connectivity index (χ0v) is 25.7. The first kappa shape index (κ1) is 31.1. The first-order chi connectivity index (χ1) is 21.1. The molecule has 0 unspecified atom stereocenters. The fourth-order valence-corrected chi connectivity index (χ4v) is 5.63. The van der Waals surface area contributed by atoms with Gasteiger partial charge in [0.05, 0.1) is 26.0 Å². The van der Waals surface area contributed by atoms with Crippen LogP contribution < -0.4 is 15.1 Å². The predicted octanol–water partition coefficient (Wildman–Crippen LogP) is 2.87. The number of benzene rings is 2. The van der Waals surface area contributed by atoms with Crippen molar-refractivity contribution in [2.45, 2.75) is 26.6 Å². The van der Waals surface area contributed by atoms with Gasteiger partial charge in [0.1, 0.15) is 5.82 Å². The van der Waals surface area contributed by atoms with Crippen molar-refractivity contribution in [1.82, 2.24) is 29.9 Å². The third-order valence-electron chi connectivity index (χ3n) is 7.11. The number of imidazole rings is 1. The summed E-state index contributed by atoms with van der Waals surface area (Å²) in [6.07, 6.45) is 4.01. The Labute approximate surface area is 256 Å². The first-order valence-electron chi connectivity index (χ1n) is 14.2. The van der Waals surface area contributed by atoms with Gasteiger partial charge in [0, 0.05) is 43.5 Å². The van der Waals surface area contributed by atoms with Gasteiger partial charge in [0.2, 0.25) is 10.0 Å². The van der Waals surface area contributed by atoms with Gasteiger partial charge in [-0.25, -0.2) is 28.8 Å².